The number of nitrogens with zero attached hydrogens (tertiary/aromatic N) is 2. The molecule has 0 unspecified atom stereocenters. The maximum absolute atomic E-state index is 13.7. The molecule has 2 rings (SSSR count). The number of nitro groups is 1. The number of likely N-dealkylation sites (N-methyl/N-ethyl adjacent to an activating group) is 1. The summed E-state index contributed by atoms with van der Waals surface area (Å²) >= 11 is 3.40. The lowest BCUT2D eigenvalue weighted by atomic mass is 10.2. The van der Waals surface area contributed by atoms with Crippen LogP contribution in [0, 0.1) is 15.9 Å². The highest BCUT2D eigenvalue weighted by atomic mass is 79.9. The van der Waals surface area contributed by atoms with Crippen molar-refractivity contribution < 1.29 is 18.8 Å². The first-order chi connectivity index (χ1) is 11.4. The van der Waals surface area contributed by atoms with E-state index in [0.29, 0.717) is 6.54 Å². The molecule has 0 heterocycles. The van der Waals surface area contributed by atoms with Crippen molar-refractivity contribution in [3.63, 3.8) is 0 Å². The van der Waals surface area contributed by atoms with Crippen LogP contribution in [0.1, 0.15) is 5.56 Å². The largest absolute Gasteiger partial charge is 0.481 e. The molecule has 2 aromatic rings. The van der Waals surface area contributed by atoms with Crippen LogP contribution in [0.5, 0.6) is 5.75 Å². The highest BCUT2D eigenvalue weighted by Gasteiger charge is 2.15. The van der Waals surface area contributed by atoms with Crippen molar-refractivity contribution in [2.75, 3.05) is 13.7 Å². The van der Waals surface area contributed by atoms with Gasteiger partial charge in [-0.1, -0.05) is 34.1 Å². The molecule has 0 fully saturated rings. The molecule has 0 N–H and O–H groups in total. The number of carbonyl (C=O) groups excluding carboxylic acids is 1. The van der Waals surface area contributed by atoms with Crippen LogP contribution >= 0.6 is 15.9 Å². The van der Waals surface area contributed by atoms with Gasteiger partial charge in [0.05, 0.1) is 11.0 Å². The van der Waals surface area contributed by atoms with Crippen molar-refractivity contribution in [1.82, 2.24) is 4.90 Å². The minimum atomic E-state index is -0.884. The van der Waals surface area contributed by atoms with Crippen molar-refractivity contribution in [2.24, 2.45) is 0 Å². The van der Waals surface area contributed by atoms with Crippen LogP contribution in [0.2, 0.25) is 0 Å². The van der Waals surface area contributed by atoms with Gasteiger partial charge in [0.2, 0.25) is 0 Å². The smallest absolute Gasteiger partial charge is 0.272 e. The highest BCUT2D eigenvalue weighted by molar-refractivity contribution is 9.10. The molecule has 1 amide bonds. The SMILES string of the molecule is CN(Cc1ccccc1Br)C(=O)COc1ccc([N+](=O)[O-])cc1F. The number of benzene rings is 2. The maximum atomic E-state index is 13.7. The van der Waals surface area contributed by atoms with E-state index in [1.807, 2.05) is 24.3 Å². The Morgan fingerprint density at radius 3 is 2.67 bits per heavy atom. The summed E-state index contributed by atoms with van der Waals surface area (Å²) in [5.74, 6) is -1.43. The van der Waals surface area contributed by atoms with E-state index in [1.54, 1.807) is 7.05 Å². The second kappa shape index (κ2) is 7.87. The number of carbonyl (C=O) groups is 1. The van der Waals surface area contributed by atoms with Gasteiger partial charge in [-0.25, -0.2) is 4.39 Å². The maximum Gasteiger partial charge on any atom is 0.272 e. The molecular formula is C16H14BrFN2O4. The van der Waals surface area contributed by atoms with Crippen molar-refractivity contribution >= 4 is 27.5 Å². The number of ether oxygens (including phenoxy) is 1. The first-order valence-corrected chi connectivity index (χ1v) is 7.72. The molecular weight excluding hydrogens is 383 g/mol. The van der Waals surface area contributed by atoms with Gasteiger partial charge in [-0.3, -0.25) is 14.9 Å². The zero-order valence-corrected chi connectivity index (χ0v) is 14.3. The molecule has 0 radical (unpaired) electrons. The van der Waals surface area contributed by atoms with E-state index in [1.165, 1.54) is 4.90 Å². The van der Waals surface area contributed by atoms with Gasteiger partial charge in [0.1, 0.15) is 0 Å². The molecule has 24 heavy (non-hydrogen) atoms. The minimum Gasteiger partial charge on any atom is -0.481 e. The van der Waals surface area contributed by atoms with Gasteiger partial charge in [0.15, 0.2) is 18.2 Å². The number of hydrogen-bond acceptors (Lipinski definition) is 4. The third-order valence-corrected chi connectivity index (χ3v) is 4.04. The molecule has 0 bridgehead atoms. The standard InChI is InChI=1S/C16H14BrFN2O4/c1-19(9-11-4-2-3-5-13(11)17)16(21)10-24-15-7-6-12(20(22)23)8-14(15)18/h2-8H,9-10H2,1H3. The molecule has 6 nitrogen and oxygen atoms in total. The Labute approximate surface area is 146 Å². The number of hydrogen-bond donors (Lipinski definition) is 0. The summed E-state index contributed by atoms with van der Waals surface area (Å²) in [6.07, 6.45) is 0. The molecule has 0 aliphatic rings. The van der Waals surface area contributed by atoms with Crippen molar-refractivity contribution in [3.8, 4) is 5.75 Å². The molecule has 0 saturated carbocycles. The Morgan fingerprint density at radius 1 is 1.33 bits per heavy atom. The summed E-state index contributed by atoms with van der Waals surface area (Å²) in [4.78, 5) is 23.4. The van der Waals surface area contributed by atoms with Gasteiger partial charge in [-0.05, 0) is 17.7 Å². The zero-order chi connectivity index (χ0) is 17.7. The average Bonchev–Trinajstić information content (AvgIpc) is 2.55. The highest BCUT2D eigenvalue weighted by Crippen LogP contribution is 2.22. The van der Waals surface area contributed by atoms with Gasteiger partial charge >= 0.3 is 0 Å². The Kier molecular flexibility index (Phi) is 5.86. The van der Waals surface area contributed by atoms with Gasteiger partial charge in [-0.15, -0.1) is 0 Å². The summed E-state index contributed by atoms with van der Waals surface area (Å²) in [6.45, 7) is 0.00203. The third-order valence-electron chi connectivity index (χ3n) is 3.27. The van der Waals surface area contributed by atoms with Crippen LogP contribution in [0.4, 0.5) is 10.1 Å². The molecule has 0 atom stereocenters. The Hall–Kier alpha value is -2.48. The molecule has 0 aromatic heterocycles. The lowest BCUT2D eigenvalue weighted by Gasteiger charge is -2.18. The van der Waals surface area contributed by atoms with Gasteiger partial charge in [0.25, 0.3) is 11.6 Å². The van der Waals surface area contributed by atoms with E-state index in [9.17, 15) is 19.3 Å². The number of non-ortho nitro benzene ring substituents is 1. The van der Waals surface area contributed by atoms with Gasteiger partial charge < -0.3 is 9.64 Å². The van der Waals surface area contributed by atoms with E-state index in [0.717, 1.165) is 28.2 Å². The molecule has 126 valence electrons. The predicted molar refractivity (Wildman–Crippen MR) is 89.2 cm³/mol. The van der Waals surface area contributed by atoms with E-state index in [2.05, 4.69) is 15.9 Å². The lowest BCUT2D eigenvalue weighted by Crippen LogP contribution is -2.31. The fourth-order valence-corrected chi connectivity index (χ4v) is 2.35. The van der Waals surface area contributed by atoms with Crippen LogP contribution in [0.25, 0.3) is 0 Å². The van der Waals surface area contributed by atoms with Crippen molar-refractivity contribution in [1.29, 1.82) is 0 Å². The summed E-state index contributed by atoms with van der Waals surface area (Å²) in [5, 5.41) is 10.6. The molecule has 0 aliphatic carbocycles. The molecule has 0 aliphatic heterocycles. The Balaban J connectivity index is 1.95. The summed E-state index contributed by atoms with van der Waals surface area (Å²) in [5.41, 5.74) is 0.548. The monoisotopic (exact) mass is 396 g/mol. The van der Waals surface area contributed by atoms with Crippen molar-refractivity contribution in [3.05, 3.63) is 68.4 Å². The van der Waals surface area contributed by atoms with E-state index >= 15 is 0 Å². The molecule has 0 saturated heterocycles. The van der Waals surface area contributed by atoms with Crippen LogP contribution < -0.4 is 4.74 Å². The van der Waals surface area contributed by atoms with Crippen LogP contribution in [0.3, 0.4) is 0 Å². The minimum absolute atomic E-state index is 0.205. The number of amides is 1. The third kappa shape index (κ3) is 4.51. The fourth-order valence-electron chi connectivity index (χ4n) is 1.94. The first-order valence-electron chi connectivity index (χ1n) is 6.92. The molecule has 8 heteroatoms. The topological polar surface area (TPSA) is 72.7 Å². The van der Waals surface area contributed by atoms with Crippen molar-refractivity contribution in [2.45, 2.75) is 6.54 Å². The van der Waals surface area contributed by atoms with Gasteiger partial charge in [-0.2, -0.15) is 0 Å². The average molecular weight is 397 g/mol. The van der Waals surface area contributed by atoms with E-state index in [4.69, 9.17) is 4.74 Å². The van der Waals surface area contributed by atoms with Gasteiger partial charge in [0, 0.05) is 24.1 Å². The normalized spacial score (nSPS) is 10.3. The second-order valence-corrected chi connectivity index (χ2v) is 5.86. The molecule has 2 aromatic carbocycles. The van der Waals surface area contributed by atoms with E-state index < -0.39 is 10.7 Å². The predicted octanol–water partition coefficient (Wildman–Crippen LogP) is 3.53. The zero-order valence-electron chi connectivity index (χ0n) is 12.7. The van der Waals surface area contributed by atoms with Crippen LogP contribution in [-0.2, 0) is 11.3 Å². The number of halogens is 2. The van der Waals surface area contributed by atoms with Crippen LogP contribution in [0.15, 0.2) is 46.9 Å². The summed E-state index contributed by atoms with van der Waals surface area (Å²) in [6, 6.07) is 10.5. The number of rotatable bonds is 6. The lowest BCUT2D eigenvalue weighted by molar-refractivity contribution is -0.385. The first kappa shape index (κ1) is 17.9. The molecule has 0 spiro atoms. The second-order valence-electron chi connectivity index (χ2n) is 5.00. The summed E-state index contributed by atoms with van der Waals surface area (Å²) < 4.78 is 19.7. The quantitative estimate of drug-likeness (QED) is 0.552. The Morgan fingerprint density at radius 2 is 2.04 bits per heavy atom. The van der Waals surface area contributed by atoms with E-state index in [-0.39, 0.29) is 24.0 Å². The fraction of sp³-hybridized carbons (Fsp3) is 0.188. The summed E-state index contributed by atoms with van der Waals surface area (Å²) in [7, 11) is 1.61. The van der Waals surface area contributed by atoms with Crippen LogP contribution in [-0.4, -0.2) is 29.4 Å². The number of nitro benzene ring substituents is 1. The Bertz CT molecular complexity index is 769.